The van der Waals surface area contributed by atoms with Crippen LogP contribution in [0.5, 0.6) is 0 Å². The van der Waals surface area contributed by atoms with Crippen LogP contribution in [-0.4, -0.2) is 15.0 Å². The maximum Gasteiger partial charge on any atom is 0.316 e. The Hall–Kier alpha value is -2.18. The molecule has 0 aromatic carbocycles. The van der Waals surface area contributed by atoms with Crippen LogP contribution in [0.1, 0.15) is 6.92 Å². The van der Waals surface area contributed by atoms with Gasteiger partial charge in [-0.15, -0.1) is 0 Å². The smallest absolute Gasteiger partial charge is 0.316 e. The molecule has 0 aromatic rings. The van der Waals surface area contributed by atoms with Crippen molar-refractivity contribution in [2.75, 3.05) is 0 Å². The van der Waals surface area contributed by atoms with E-state index < -0.39 is 27.0 Å². The maximum atomic E-state index is 10.3. The molecule has 0 unspecified atom stereocenters. The standard InChI is InChI=1S/C7H8N2O5/c1-3-6(8(11)12)4-7(5(2)10)9(13)14/h3-4,10H,2H2,1H3/b6-3+,7-4+. The number of nitro groups is 2. The largest absolute Gasteiger partial charge is 0.503 e. The lowest BCUT2D eigenvalue weighted by Crippen LogP contribution is -2.04. The molecule has 0 amide bonds. The van der Waals surface area contributed by atoms with Crippen LogP contribution in [0.4, 0.5) is 0 Å². The lowest BCUT2D eigenvalue weighted by atomic mass is 10.3. The molecule has 0 atom stereocenters. The summed E-state index contributed by atoms with van der Waals surface area (Å²) < 4.78 is 0. The second-order valence-electron chi connectivity index (χ2n) is 2.20. The molecule has 1 N–H and O–H groups in total. The van der Waals surface area contributed by atoms with Gasteiger partial charge in [-0.05, 0) is 19.6 Å². The number of aliphatic hydroxyl groups excluding tert-OH is 1. The Morgan fingerprint density at radius 3 is 2.07 bits per heavy atom. The van der Waals surface area contributed by atoms with Crippen LogP contribution in [0.3, 0.4) is 0 Å². The van der Waals surface area contributed by atoms with Crippen molar-refractivity contribution in [3.8, 4) is 0 Å². The SMILES string of the molecule is C=C(O)/C(=C\C(=C/C)[N+](=O)[O-])[N+](=O)[O-]. The monoisotopic (exact) mass is 200 g/mol. The Morgan fingerprint density at radius 2 is 1.86 bits per heavy atom. The fraction of sp³-hybridized carbons (Fsp3) is 0.143. The minimum Gasteiger partial charge on any atom is -0.503 e. The van der Waals surface area contributed by atoms with Gasteiger partial charge in [0.1, 0.15) is 0 Å². The Morgan fingerprint density at radius 1 is 1.36 bits per heavy atom. The maximum absolute atomic E-state index is 10.3. The van der Waals surface area contributed by atoms with Gasteiger partial charge in [0.25, 0.3) is 5.70 Å². The van der Waals surface area contributed by atoms with Crippen molar-refractivity contribution in [3.63, 3.8) is 0 Å². The fourth-order valence-electron chi connectivity index (χ4n) is 0.623. The number of nitrogens with zero attached hydrogens (tertiary/aromatic N) is 2. The first-order valence-corrected chi connectivity index (χ1v) is 3.45. The number of allylic oxidation sites excluding steroid dienone is 2. The molecular formula is C7H8N2O5. The van der Waals surface area contributed by atoms with E-state index in [2.05, 4.69) is 6.58 Å². The van der Waals surface area contributed by atoms with Crippen molar-refractivity contribution in [2.45, 2.75) is 6.92 Å². The van der Waals surface area contributed by atoms with Gasteiger partial charge >= 0.3 is 5.70 Å². The predicted octanol–water partition coefficient (Wildman–Crippen LogP) is 1.40. The molecule has 0 radical (unpaired) electrons. The lowest BCUT2D eigenvalue weighted by Gasteiger charge is -1.94. The van der Waals surface area contributed by atoms with E-state index in [1.165, 1.54) is 6.92 Å². The van der Waals surface area contributed by atoms with Crippen LogP contribution in [0.25, 0.3) is 0 Å². The van der Waals surface area contributed by atoms with Crippen LogP contribution in [0, 0.1) is 20.2 Å². The summed E-state index contributed by atoms with van der Waals surface area (Å²) in [7, 11) is 0. The predicted molar refractivity (Wildman–Crippen MR) is 47.6 cm³/mol. The van der Waals surface area contributed by atoms with Crippen molar-refractivity contribution in [2.24, 2.45) is 0 Å². The van der Waals surface area contributed by atoms with E-state index in [9.17, 15) is 20.2 Å². The van der Waals surface area contributed by atoms with E-state index in [4.69, 9.17) is 5.11 Å². The minimum atomic E-state index is -0.949. The molecule has 0 rings (SSSR count). The van der Waals surface area contributed by atoms with Crippen LogP contribution in [0.15, 0.2) is 35.9 Å². The topological polar surface area (TPSA) is 107 Å². The van der Waals surface area contributed by atoms with Crippen LogP contribution in [-0.2, 0) is 0 Å². The van der Waals surface area contributed by atoms with Crippen LogP contribution < -0.4 is 0 Å². The summed E-state index contributed by atoms with van der Waals surface area (Å²) in [5, 5.41) is 29.3. The first-order chi connectivity index (χ1) is 6.40. The van der Waals surface area contributed by atoms with Gasteiger partial charge in [0.2, 0.25) is 0 Å². The lowest BCUT2D eigenvalue weighted by molar-refractivity contribution is -0.433. The van der Waals surface area contributed by atoms with E-state index in [0.717, 1.165) is 6.08 Å². The van der Waals surface area contributed by atoms with E-state index in [1.54, 1.807) is 0 Å². The third-order valence-electron chi connectivity index (χ3n) is 1.28. The van der Waals surface area contributed by atoms with Gasteiger partial charge < -0.3 is 5.11 Å². The van der Waals surface area contributed by atoms with Gasteiger partial charge in [0.15, 0.2) is 5.76 Å². The quantitative estimate of drug-likeness (QED) is 0.319. The summed E-state index contributed by atoms with van der Waals surface area (Å²) in [5.74, 6) is -0.823. The van der Waals surface area contributed by atoms with Crippen LogP contribution in [0.2, 0.25) is 0 Å². The van der Waals surface area contributed by atoms with Crippen molar-refractivity contribution in [1.82, 2.24) is 0 Å². The Labute approximate surface area is 79.0 Å². The molecule has 14 heavy (non-hydrogen) atoms. The zero-order chi connectivity index (χ0) is 11.3. The average Bonchev–Trinajstić information content (AvgIpc) is 2.03. The third-order valence-corrected chi connectivity index (χ3v) is 1.28. The van der Waals surface area contributed by atoms with Crippen molar-refractivity contribution >= 4 is 0 Å². The first kappa shape index (κ1) is 11.8. The summed E-state index contributed by atoms with van der Waals surface area (Å²) in [6.07, 6.45) is 1.72. The molecule has 0 fully saturated rings. The molecule has 0 aliphatic carbocycles. The summed E-state index contributed by atoms with van der Waals surface area (Å²) in [5.41, 5.74) is -1.28. The Bertz CT molecular complexity index is 326. The summed E-state index contributed by atoms with van der Waals surface area (Å²) >= 11 is 0. The molecule has 7 nitrogen and oxygen atoms in total. The van der Waals surface area contributed by atoms with Gasteiger partial charge in [-0.1, -0.05) is 0 Å². The summed E-state index contributed by atoms with van der Waals surface area (Å²) in [6, 6.07) is 0. The average molecular weight is 200 g/mol. The number of aliphatic hydroxyl groups is 1. The number of rotatable bonds is 4. The Balaban J connectivity index is 5.20. The molecule has 7 heteroatoms. The summed E-state index contributed by atoms with van der Waals surface area (Å²) in [6.45, 7) is 4.27. The molecule has 0 saturated carbocycles. The second kappa shape index (κ2) is 4.75. The third kappa shape index (κ3) is 3.05. The molecule has 76 valence electrons. The molecule has 0 aliphatic heterocycles. The van der Waals surface area contributed by atoms with E-state index in [-0.39, 0.29) is 0 Å². The zero-order valence-corrected chi connectivity index (χ0v) is 7.34. The van der Waals surface area contributed by atoms with E-state index in [1.807, 2.05) is 0 Å². The highest BCUT2D eigenvalue weighted by Gasteiger charge is 2.19. The van der Waals surface area contributed by atoms with Crippen molar-refractivity contribution in [3.05, 3.63) is 56.1 Å². The van der Waals surface area contributed by atoms with Gasteiger partial charge in [-0.25, -0.2) is 0 Å². The normalized spacial score (nSPS) is 12.4. The minimum absolute atomic E-state index is 0.480. The number of hydrogen-bond donors (Lipinski definition) is 1. The molecule has 0 saturated heterocycles. The first-order valence-electron chi connectivity index (χ1n) is 3.45. The highest BCUT2D eigenvalue weighted by Crippen LogP contribution is 2.09. The fourth-order valence-corrected chi connectivity index (χ4v) is 0.623. The molecule has 0 heterocycles. The molecule has 0 aliphatic rings. The van der Waals surface area contributed by atoms with Crippen molar-refractivity contribution in [1.29, 1.82) is 0 Å². The van der Waals surface area contributed by atoms with Crippen molar-refractivity contribution < 1.29 is 15.0 Å². The zero-order valence-electron chi connectivity index (χ0n) is 7.34. The second-order valence-corrected chi connectivity index (χ2v) is 2.20. The van der Waals surface area contributed by atoms with E-state index in [0.29, 0.717) is 6.08 Å². The summed E-state index contributed by atoms with van der Waals surface area (Å²) in [4.78, 5) is 18.8. The highest BCUT2D eigenvalue weighted by atomic mass is 16.6. The molecule has 0 aromatic heterocycles. The van der Waals surface area contributed by atoms with Gasteiger partial charge in [-0.2, -0.15) is 0 Å². The van der Waals surface area contributed by atoms with Gasteiger partial charge in [-0.3, -0.25) is 20.2 Å². The van der Waals surface area contributed by atoms with Gasteiger partial charge in [0, 0.05) is 0 Å². The van der Waals surface area contributed by atoms with Gasteiger partial charge in [0.05, 0.1) is 15.9 Å². The Kier molecular flexibility index (Phi) is 4.01. The highest BCUT2D eigenvalue weighted by molar-refractivity contribution is 5.23. The molecular weight excluding hydrogens is 192 g/mol. The molecule has 0 spiro atoms. The number of hydrogen-bond acceptors (Lipinski definition) is 5. The molecule has 0 bridgehead atoms. The van der Waals surface area contributed by atoms with Crippen LogP contribution >= 0.6 is 0 Å². The van der Waals surface area contributed by atoms with E-state index >= 15 is 0 Å².